The molecule has 0 spiro atoms. The lowest BCUT2D eigenvalue weighted by molar-refractivity contribution is -0.178. The molecule has 4 nitrogen and oxygen atoms in total. The Morgan fingerprint density at radius 3 is 2.24 bits per heavy atom. The molecule has 4 heteroatoms. The second-order valence-corrected chi connectivity index (χ2v) is 3.86. The zero-order chi connectivity index (χ0) is 16.4. The molecule has 21 heavy (non-hydrogen) atoms. The number of ether oxygens (including phenoxy) is 2. The van der Waals surface area contributed by atoms with Crippen molar-refractivity contribution in [1.29, 1.82) is 0 Å². The third-order valence-corrected chi connectivity index (χ3v) is 2.34. The van der Waals surface area contributed by atoms with E-state index < -0.39 is 18.2 Å². The van der Waals surface area contributed by atoms with Crippen LogP contribution in [0.25, 0.3) is 12.2 Å². The van der Waals surface area contributed by atoms with E-state index in [4.69, 9.17) is 9.47 Å². The maximum Gasteiger partial charge on any atom is 0.341 e. The van der Waals surface area contributed by atoms with Crippen molar-refractivity contribution in [3.05, 3.63) is 47.4 Å². The zero-order valence-electron chi connectivity index (χ0n) is 13.0. The topological polar surface area (TPSA) is 52.6 Å². The molecule has 1 aromatic rings. The fraction of sp³-hybridized carbons (Fsp3) is 0.294. The molecule has 0 heterocycles. The van der Waals surface area contributed by atoms with E-state index in [1.807, 2.05) is 19.9 Å². The van der Waals surface area contributed by atoms with Crippen LogP contribution >= 0.6 is 0 Å². The molecule has 1 rings (SSSR count). The molecular weight excluding hydrogens is 268 g/mol. The van der Waals surface area contributed by atoms with Crippen molar-refractivity contribution in [2.24, 2.45) is 0 Å². The van der Waals surface area contributed by atoms with Crippen molar-refractivity contribution in [2.45, 2.75) is 34.0 Å². The minimum Gasteiger partial charge on any atom is -0.426 e. The summed E-state index contributed by atoms with van der Waals surface area (Å²) in [6.45, 7) is 14.1. The Hall–Kier alpha value is -2.36. The van der Waals surface area contributed by atoms with Crippen molar-refractivity contribution in [3.8, 4) is 0 Å². The molecule has 0 aliphatic carbocycles. The highest BCUT2D eigenvalue weighted by atomic mass is 16.7. The Morgan fingerprint density at radius 1 is 1.19 bits per heavy atom. The highest BCUT2D eigenvalue weighted by molar-refractivity contribution is 6.13. The van der Waals surface area contributed by atoms with Gasteiger partial charge in [0.1, 0.15) is 0 Å². The third kappa shape index (κ3) is 6.08. The Kier molecular flexibility index (Phi) is 8.46. The van der Waals surface area contributed by atoms with Gasteiger partial charge in [-0.1, -0.05) is 57.3 Å². The summed E-state index contributed by atoms with van der Waals surface area (Å²) in [5.74, 6) is -1.13. The fourth-order valence-corrected chi connectivity index (χ4v) is 1.56. The molecule has 0 amide bonds. The van der Waals surface area contributed by atoms with E-state index in [9.17, 15) is 9.59 Å². The standard InChI is InChI=1S/C15H16O4.C2H6/c1-5-13(14-9-7-6-8-10(14)2)15(17)19-12(4)18-11(3)16;1-2/h5-9,12H,1-2H2,3-4H3;1-2H3/b14-13+;. The zero-order valence-corrected chi connectivity index (χ0v) is 13.0. The minimum absolute atomic E-state index is 0.282. The number of carbonyl (C=O) groups is 2. The number of benzene rings is 1. The van der Waals surface area contributed by atoms with Gasteiger partial charge in [0.05, 0.1) is 5.57 Å². The smallest absolute Gasteiger partial charge is 0.341 e. The molecule has 0 saturated heterocycles. The van der Waals surface area contributed by atoms with Gasteiger partial charge in [-0.05, 0) is 10.4 Å². The minimum atomic E-state index is -0.947. The van der Waals surface area contributed by atoms with Gasteiger partial charge in [0.15, 0.2) is 0 Å². The van der Waals surface area contributed by atoms with Gasteiger partial charge < -0.3 is 9.47 Å². The molecule has 0 saturated carbocycles. The van der Waals surface area contributed by atoms with E-state index in [0.29, 0.717) is 10.4 Å². The monoisotopic (exact) mass is 290 g/mol. The average molecular weight is 290 g/mol. The molecule has 1 aromatic carbocycles. The van der Waals surface area contributed by atoms with Crippen molar-refractivity contribution >= 4 is 24.1 Å². The summed E-state index contributed by atoms with van der Waals surface area (Å²) in [5, 5.41) is 1.33. The SMILES string of the molecule is C=C/C(C(=O)OC(C)OC(C)=O)=c1/ccccc1=C.CC. The Bertz CT molecular complexity index is 601. The van der Waals surface area contributed by atoms with Gasteiger partial charge in [0.25, 0.3) is 0 Å². The Balaban J connectivity index is 0.00000191. The van der Waals surface area contributed by atoms with Gasteiger partial charge in [-0.2, -0.15) is 0 Å². The van der Waals surface area contributed by atoms with Crippen LogP contribution in [0.4, 0.5) is 0 Å². The average Bonchev–Trinajstić information content (AvgIpc) is 2.43. The van der Waals surface area contributed by atoms with Crippen LogP contribution in [-0.2, 0) is 19.1 Å². The van der Waals surface area contributed by atoms with Gasteiger partial charge in [-0.15, -0.1) is 0 Å². The lowest BCUT2D eigenvalue weighted by atomic mass is 10.1. The predicted molar refractivity (Wildman–Crippen MR) is 83.5 cm³/mol. The van der Waals surface area contributed by atoms with Crippen LogP contribution in [0.2, 0.25) is 0 Å². The van der Waals surface area contributed by atoms with Crippen LogP contribution in [-0.4, -0.2) is 18.2 Å². The first kappa shape index (κ1) is 18.6. The molecule has 0 aliphatic rings. The Labute approximate surface area is 125 Å². The quantitative estimate of drug-likeness (QED) is 0.628. The van der Waals surface area contributed by atoms with E-state index in [-0.39, 0.29) is 5.57 Å². The molecule has 114 valence electrons. The second kappa shape index (κ2) is 9.53. The summed E-state index contributed by atoms with van der Waals surface area (Å²) in [6.07, 6.45) is 0.448. The first-order valence-electron chi connectivity index (χ1n) is 6.74. The highest BCUT2D eigenvalue weighted by Crippen LogP contribution is 2.03. The van der Waals surface area contributed by atoms with Gasteiger partial charge in [-0.25, -0.2) is 4.79 Å². The van der Waals surface area contributed by atoms with Crippen molar-refractivity contribution in [3.63, 3.8) is 0 Å². The van der Waals surface area contributed by atoms with Crippen LogP contribution in [0, 0.1) is 0 Å². The van der Waals surface area contributed by atoms with Gasteiger partial charge in [0.2, 0.25) is 6.29 Å². The maximum atomic E-state index is 12.0. The summed E-state index contributed by atoms with van der Waals surface area (Å²) in [4.78, 5) is 22.7. The normalized spacial score (nSPS) is 12.2. The first-order chi connectivity index (χ1) is 9.95. The third-order valence-electron chi connectivity index (χ3n) is 2.34. The predicted octanol–water partition coefficient (Wildman–Crippen LogP) is 1.91. The fourth-order valence-electron chi connectivity index (χ4n) is 1.56. The summed E-state index contributed by atoms with van der Waals surface area (Å²) in [5.41, 5.74) is 0.282. The molecule has 0 bridgehead atoms. The lowest BCUT2D eigenvalue weighted by Crippen LogP contribution is -2.30. The van der Waals surface area contributed by atoms with Crippen LogP contribution < -0.4 is 10.4 Å². The van der Waals surface area contributed by atoms with Gasteiger partial charge in [-0.3, -0.25) is 4.79 Å². The van der Waals surface area contributed by atoms with E-state index in [0.717, 1.165) is 0 Å². The van der Waals surface area contributed by atoms with E-state index in [2.05, 4.69) is 13.2 Å². The largest absolute Gasteiger partial charge is 0.426 e. The summed E-state index contributed by atoms with van der Waals surface area (Å²) in [7, 11) is 0. The molecule has 0 fully saturated rings. The molecule has 0 aromatic heterocycles. The molecular formula is C17H22O4. The first-order valence-corrected chi connectivity index (χ1v) is 6.74. The van der Waals surface area contributed by atoms with Crippen LogP contribution in [0.15, 0.2) is 36.9 Å². The molecule has 1 atom stereocenters. The molecule has 1 unspecified atom stereocenters. The molecule has 0 N–H and O–H groups in total. The molecule has 0 radical (unpaired) electrons. The lowest BCUT2D eigenvalue weighted by Gasteiger charge is -2.13. The highest BCUT2D eigenvalue weighted by Gasteiger charge is 2.15. The van der Waals surface area contributed by atoms with Crippen molar-refractivity contribution < 1.29 is 19.1 Å². The maximum absolute atomic E-state index is 12.0. The molecule has 0 aliphatic heterocycles. The number of carbonyl (C=O) groups excluding carboxylic acids is 2. The van der Waals surface area contributed by atoms with Crippen molar-refractivity contribution in [1.82, 2.24) is 0 Å². The number of rotatable bonds is 4. The summed E-state index contributed by atoms with van der Waals surface area (Å²) < 4.78 is 9.74. The summed E-state index contributed by atoms with van der Waals surface area (Å²) >= 11 is 0. The van der Waals surface area contributed by atoms with Crippen molar-refractivity contribution in [2.75, 3.05) is 0 Å². The number of hydrogen-bond donors (Lipinski definition) is 0. The summed E-state index contributed by atoms with van der Waals surface area (Å²) in [6, 6.07) is 7.13. The van der Waals surface area contributed by atoms with E-state index in [1.165, 1.54) is 19.9 Å². The van der Waals surface area contributed by atoms with Crippen LogP contribution in [0.1, 0.15) is 27.7 Å². The van der Waals surface area contributed by atoms with E-state index >= 15 is 0 Å². The second-order valence-electron chi connectivity index (χ2n) is 3.86. The number of hydrogen-bond acceptors (Lipinski definition) is 4. The van der Waals surface area contributed by atoms with Crippen LogP contribution in [0.3, 0.4) is 0 Å². The Morgan fingerprint density at radius 2 is 1.76 bits per heavy atom. The number of esters is 2. The van der Waals surface area contributed by atoms with Gasteiger partial charge in [0, 0.05) is 13.8 Å². The van der Waals surface area contributed by atoms with Crippen LogP contribution in [0.5, 0.6) is 0 Å². The van der Waals surface area contributed by atoms with E-state index in [1.54, 1.807) is 18.2 Å². The van der Waals surface area contributed by atoms with Gasteiger partial charge >= 0.3 is 11.9 Å².